The van der Waals surface area contributed by atoms with Crippen molar-refractivity contribution in [1.82, 2.24) is 24.5 Å². The van der Waals surface area contributed by atoms with Crippen LogP contribution in [-0.4, -0.2) is 24.5 Å². The maximum absolute atomic E-state index is 13.8. The van der Waals surface area contributed by atoms with Gasteiger partial charge in [0.05, 0.1) is 22.0 Å². The summed E-state index contributed by atoms with van der Waals surface area (Å²) >= 11 is 6.39. The lowest BCUT2D eigenvalue weighted by Crippen LogP contribution is -2.28. The SMILES string of the molecule is C/C=C\C=C(/CC)n1c(C(C)Nc2ncnc(N)c2C#Cc2cccc(C(F)(F)F)n2)nc2cccc(Cl)c2c1=O.CC. The molecule has 3 heterocycles. The summed E-state index contributed by atoms with van der Waals surface area (Å²) in [4.78, 5) is 30.3. The Morgan fingerprint density at radius 1 is 1.14 bits per heavy atom. The van der Waals surface area contributed by atoms with Gasteiger partial charge >= 0.3 is 6.18 Å². The van der Waals surface area contributed by atoms with Crippen molar-refractivity contribution in [2.24, 2.45) is 0 Å². The highest BCUT2D eigenvalue weighted by Gasteiger charge is 2.32. The second-order valence-corrected chi connectivity index (χ2v) is 9.19. The Morgan fingerprint density at radius 2 is 1.86 bits per heavy atom. The Kier molecular flexibility index (Phi) is 11.0. The molecule has 1 atom stereocenters. The zero-order chi connectivity index (χ0) is 31.7. The van der Waals surface area contributed by atoms with Crippen molar-refractivity contribution >= 4 is 39.8 Å². The van der Waals surface area contributed by atoms with Crippen molar-refractivity contribution in [2.75, 3.05) is 11.1 Å². The van der Waals surface area contributed by atoms with Crippen LogP contribution in [0.4, 0.5) is 24.8 Å². The number of halogens is 4. The van der Waals surface area contributed by atoms with Crippen molar-refractivity contribution in [3.63, 3.8) is 0 Å². The molecule has 0 saturated carbocycles. The lowest BCUT2D eigenvalue weighted by atomic mass is 10.1. The lowest BCUT2D eigenvalue weighted by molar-refractivity contribution is -0.141. The number of allylic oxidation sites excluding steroid dienone is 4. The molecule has 0 amide bonds. The van der Waals surface area contributed by atoms with Gasteiger partial charge in [0.15, 0.2) is 0 Å². The predicted molar refractivity (Wildman–Crippen MR) is 165 cm³/mol. The molecule has 1 aromatic carbocycles. The average molecular weight is 610 g/mol. The van der Waals surface area contributed by atoms with E-state index in [1.54, 1.807) is 25.1 Å². The molecular weight excluding hydrogens is 579 g/mol. The van der Waals surface area contributed by atoms with Gasteiger partial charge in [-0.15, -0.1) is 0 Å². The predicted octanol–water partition coefficient (Wildman–Crippen LogP) is 7.26. The summed E-state index contributed by atoms with van der Waals surface area (Å²) in [7, 11) is 0. The first kappa shape index (κ1) is 32.8. The van der Waals surface area contributed by atoms with Crippen LogP contribution in [0.25, 0.3) is 16.6 Å². The molecule has 0 fully saturated rings. The zero-order valence-electron chi connectivity index (χ0n) is 24.3. The third-order valence-electron chi connectivity index (χ3n) is 5.98. The first-order valence-electron chi connectivity index (χ1n) is 13.5. The smallest absolute Gasteiger partial charge is 0.382 e. The van der Waals surface area contributed by atoms with Gasteiger partial charge in [-0.05, 0) is 56.5 Å². The van der Waals surface area contributed by atoms with E-state index in [0.29, 0.717) is 23.5 Å². The topological polar surface area (TPSA) is 112 Å². The lowest BCUT2D eigenvalue weighted by Gasteiger charge is -2.22. The summed E-state index contributed by atoms with van der Waals surface area (Å²) in [5, 5.41) is 3.76. The largest absolute Gasteiger partial charge is 0.433 e. The average Bonchev–Trinajstić information content (AvgIpc) is 2.98. The van der Waals surface area contributed by atoms with Crippen LogP contribution in [0, 0.1) is 11.8 Å². The zero-order valence-corrected chi connectivity index (χ0v) is 25.0. The summed E-state index contributed by atoms with van der Waals surface area (Å²) in [6, 6.07) is 7.85. The molecule has 43 heavy (non-hydrogen) atoms. The maximum atomic E-state index is 13.8. The number of nitrogens with two attached hydrogens (primary N) is 1. The number of nitrogens with one attached hydrogen (secondary N) is 1. The van der Waals surface area contributed by atoms with Gasteiger partial charge in [0.1, 0.15) is 40.7 Å². The third-order valence-corrected chi connectivity index (χ3v) is 6.29. The Hall–Kier alpha value is -4.69. The molecule has 4 aromatic rings. The summed E-state index contributed by atoms with van der Waals surface area (Å²) in [6.07, 6.45) is 2.62. The Bertz CT molecular complexity index is 1790. The number of fused-ring (bicyclic) bond motifs is 1. The minimum Gasteiger partial charge on any atom is -0.382 e. The highest BCUT2D eigenvalue weighted by Crippen LogP contribution is 2.28. The first-order valence-corrected chi connectivity index (χ1v) is 13.9. The minimum atomic E-state index is -4.61. The van der Waals surface area contributed by atoms with Crippen molar-refractivity contribution in [1.29, 1.82) is 0 Å². The van der Waals surface area contributed by atoms with Gasteiger partial charge in [-0.2, -0.15) is 13.2 Å². The van der Waals surface area contributed by atoms with E-state index in [4.69, 9.17) is 22.3 Å². The molecule has 12 heteroatoms. The molecule has 0 saturated heterocycles. The standard InChI is InChI=1S/C29H25ClF3N7O.C2H6/c1-4-6-10-19(5-2)40-27(39-22-12-8-11-21(30)24(22)28(40)41)17(3)37-26-20(25(34)35-16-36-26)15-14-18-9-7-13-23(38-18)29(31,32)33;1-2/h4,6-13,16-17H,5H2,1-3H3,(H3,34,35,36,37);1-2H3/b6-4-,19-10+;. The summed E-state index contributed by atoms with van der Waals surface area (Å²) < 4.78 is 40.8. The van der Waals surface area contributed by atoms with Gasteiger partial charge in [-0.1, -0.05) is 62.6 Å². The molecule has 0 bridgehead atoms. The second-order valence-electron chi connectivity index (χ2n) is 8.79. The highest BCUT2D eigenvalue weighted by molar-refractivity contribution is 6.35. The fourth-order valence-electron chi connectivity index (χ4n) is 4.02. The van der Waals surface area contributed by atoms with Crippen molar-refractivity contribution in [3.05, 3.63) is 99.1 Å². The number of nitrogen functional groups attached to an aromatic ring is 1. The van der Waals surface area contributed by atoms with Crippen LogP contribution in [0.5, 0.6) is 0 Å². The van der Waals surface area contributed by atoms with Gasteiger partial charge < -0.3 is 11.1 Å². The molecule has 0 aliphatic carbocycles. The fourth-order valence-corrected chi connectivity index (χ4v) is 4.27. The monoisotopic (exact) mass is 609 g/mol. The van der Waals surface area contributed by atoms with Crippen LogP contribution in [0.2, 0.25) is 5.02 Å². The van der Waals surface area contributed by atoms with E-state index in [1.807, 2.05) is 45.9 Å². The molecule has 4 rings (SSSR count). The number of pyridine rings is 1. The van der Waals surface area contributed by atoms with Gasteiger partial charge in [0, 0.05) is 5.70 Å². The van der Waals surface area contributed by atoms with E-state index in [2.05, 4.69) is 32.1 Å². The normalized spacial score (nSPS) is 12.3. The molecule has 3 aromatic heterocycles. The van der Waals surface area contributed by atoms with Crippen LogP contribution in [0.15, 0.2) is 65.7 Å². The quantitative estimate of drug-likeness (QED) is 0.175. The van der Waals surface area contributed by atoms with E-state index >= 15 is 0 Å². The van der Waals surface area contributed by atoms with E-state index in [9.17, 15) is 18.0 Å². The molecule has 1 unspecified atom stereocenters. The van der Waals surface area contributed by atoms with Gasteiger partial charge in [0.2, 0.25) is 0 Å². The van der Waals surface area contributed by atoms with Gasteiger partial charge in [0.25, 0.3) is 5.56 Å². The van der Waals surface area contributed by atoms with Crippen molar-refractivity contribution in [3.8, 4) is 11.8 Å². The summed E-state index contributed by atoms with van der Waals surface area (Å²) in [5.74, 6) is 5.93. The van der Waals surface area contributed by atoms with Gasteiger partial charge in [-0.3, -0.25) is 9.36 Å². The number of nitrogens with zero attached hydrogens (tertiary/aromatic N) is 5. The highest BCUT2D eigenvalue weighted by atomic mass is 35.5. The molecule has 0 spiro atoms. The molecular formula is C31H31ClF3N7O. The van der Waals surface area contributed by atoms with Crippen molar-refractivity contribution in [2.45, 2.75) is 53.3 Å². The van der Waals surface area contributed by atoms with Crippen molar-refractivity contribution < 1.29 is 13.2 Å². The van der Waals surface area contributed by atoms with Crippen LogP contribution in [0.1, 0.15) is 69.9 Å². The molecule has 224 valence electrons. The number of hydrogen-bond donors (Lipinski definition) is 2. The first-order chi connectivity index (χ1) is 20.5. The minimum absolute atomic E-state index is 0.00652. The van der Waals surface area contributed by atoms with Crippen LogP contribution in [0.3, 0.4) is 0 Å². The Labute approximate surface area is 252 Å². The number of hydrogen-bond acceptors (Lipinski definition) is 7. The van der Waals surface area contributed by atoms with Crippen LogP contribution >= 0.6 is 11.6 Å². The number of alkyl halides is 3. The summed E-state index contributed by atoms with van der Waals surface area (Å²) in [6.45, 7) is 9.56. The number of aromatic nitrogens is 5. The molecule has 0 aliphatic heterocycles. The fraction of sp³-hybridized carbons (Fsp3) is 0.258. The third kappa shape index (κ3) is 7.59. The number of benzene rings is 1. The second kappa shape index (κ2) is 14.5. The van der Waals surface area contributed by atoms with E-state index in [-0.39, 0.29) is 38.9 Å². The van der Waals surface area contributed by atoms with E-state index in [1.165, 1.54) is 23.0 Å². The maximum Gasteiger partial charge on any atom is 0.433 e. The number of anilines is 2. The molecule has 8 nitrogen and oxygen atoms in total. The molecule has 0 aliphatic rings. The van der Waals surface area contributed by atoms with E-state index < -0.39 is 17.9 Å². The van der Waals surface area contributed by atoms with E-state index in [0.717, 1.165) is 6.07 Å². The van der Waals surface area contributed by atoms with Gasteiger partial charge in [-0.25, -0.2) is 19.9 Å². The summed E-state index contributed by atoms with van der Waals surface area (Å²) in [5.41, 5.74) is 5.82. The number of rotatable bonds is 6. The van der Waals surface area contributed by atoms with Crippen LogP contribution < -0.4 is 16.6 Å². The Morgan fingerprint density at radius 3 is 2.53 bits per heavy atom. The molecule has 0 radical (unpaired) electrons. The molecule has 3 N–H and O–H groups in total. The van der Waals surface area contributed by atoms with Crippen LogP contribution in [-0.2, 0) is 6.18 Å². The Balaban J connectivity index is 0.00000248.